The molecule has 0 spiro atoms. The molecule has 0 rings (SSSR count). The highest BCUT2D eigenvalue weighted by Crippen LogP contribution is 2.26. The number of hydrogen-bond acceptors (Lipinski definition) is 2. The van der Waals surface area contributed by atoms with Crippen LogP contribution in [0.15, 0.2) is 17.8 Å². The van der Waals surface area contributed by atoms with E-state index in [4.69, 9.17) is 0 Å². The van der Waals surface area contributed by atoms with Crippen molar-refractivity contribution in [2.75, 3.05) is 6.54 Å². The van der Waals surface area contributed by atoms with E-state index in [2.05, 4.69) is 25.6 Å². The first kappa shape index (κ1) is 10.3. The Balaban J connectivity index is 3.53. The normalized spacial score (nSPS) is 11.1. The Morgan fingerprint density at radius 3 is 2.64 bits per heavy atom. The molecule has 0 aromatic carbocycles. The SMILES string of the molecule is C=CCC(C)(C)CCCN=O. The molecule has 0 amide bonds. The van der Waals surface area contributed by atoms with Crippen LogP contribution in [0, 0.1) is 10.3 Å². The number of rotatable bonds is 6. The predicted molar refractivity (Wildman–Crippen MR) is 48.5 cm³/mol. The fourth-order valence-electron chi connectivity index (χ4n) is 1.11. The van der Waals surface area contributed by atoms with E-state index in [0.717, 1.165) is 19.3 Å². The van der Waals surface area contributed by atoms with Crippen LogP contribution in [0.25, 0.3) is 0 Å². The Morgan fingerprint density at radius 2 is 2.18 bits per heavy atom. The van der Waals surface area contributed by atoms with Gasteiger partial charge in [-0.05, 0) is 24.7 Å². The lowest BCUT2D eigenvalue weighted by atomic mass is 9.84. The molecule has 0 radical (unpaired) electrons. The standard InChI is InChI=1S/C9H17NO/c1-4-6-9(2,3)7-5-8-10-11/h4H,1,5-8H2,2-3H3. The van der Waals surface area contributed by atoms with E-state index in [9.17, 15) is 4.91 Å². The van der Waals surface area contributed by atoms with Crippen LogP contribution in [0.2, 0.25) is 0 Å². The molecule has 0 aliphatic heterocycles. The van der Waals surface area contributed by atoms with Crippen LogP contribution < -0.4 is 0 Å². The molecule has 0 aromatic rings. The lowest BCUT2D eigenvalue weighted by molar-refractivity contribution is 0.332. The molecule has 0 aromatic heterocycles. The summed E-state index contributed by atoms with van der Waals surface area (Å²) in [6, 6.07) is 0. The summed E-state index contributed by atoms with van der Waals surface area (Å²) < 4.78 is 0. The topological polar surface area (TPSA) is 29.4 Å². The lowest BCUT2D eigenvalue weighted by Crippen LogP contribution is -2.09. The van der Waals surface area contributed by atoms with E-state index in [-0.39, 0.29) is 5.41 Å². The number of nitroso groups, excluding NO2 is 1. The van der Waals surface area contributed by atoms with Gasteiger partial charge in [-0.15, -0.1) is 6.58 Å². The molecule has 0 aliphatic carbocycles. The Morgan fingerprint density at radius 1 is 1.55 bits per heavy atom. The minimum atomic E-state index is 0.284. The van der Waals surface area contributed by atoms with Crippen molar-refractivity contribution < 1.29 is 0 Å². The van der Waals surface area contributed by atoms with Gasteiger partial charge in [0.2, 0.25) is 0 Å². The maximum absolute atomic E-state index is 9.78. The van der Waals surface area contributed by atoms with Gasteiger partial charge in [-0.25, -0.2) is 0 Å². The summed E-state index contributed by atoms with van der Waals surface area (Å²) in [5, 5.41) is 2.82. The minimum absolute atomic E-state index is 0.284. The first-order valence-corrected chi connectivity index (χ1v) is 4.02. The molecule has 2 nitrogen and oxygen atoms in total. The Bertz CT molecular complexity index is 130. The fraction of sp³-hybridized carbons (Fsp3) is 0.778. The van der Waals surface area contributed by atoms with Gasteiger partial charge in [0.15, 0.2) is 0 Å². The van der Waals surface area contributed by atoms with E-state index in [1.54, 1.807) is 0 Å². The molecule has 0 fully saturated rings. The minimum Gasteiger partial charge on any atom is -0.151 e. The monoisotopic (exact) mass is 155 g/mol. The fourth-order valence-corrected chi connectivity index (χ4v) is 1.11. The first-order chi connectivity index (χ1) is 5.12. The van der Waals surface area contributed by atoms with Crippen molar-refractivity contribution in [2.45, 2.75) is 33.1 Å². The van der Waals surface area contributed by atoms with Crippen LogP contribution in [0.5, 0.6) is 0 Å². The Labute approximate surface area is 68.7 Å². The molecule has 64 valence electrons. The molecule has 0 atom stereocenters. The second kappa shape index (κ2) is 5.05. The van der Waals surface area contributed by atoms with Crippen LogP contribution >= 0.6 is 0 Å². The molecule has 0 bridgehead atoms. The molecule has 0 aliphatic rings. The summed E-state index contributed by atoms with van der Waals surface area (Å²) in [5.41, 5.74) is 0.284. The molecule has 0 N–H and O–H groups in total. The maximum Gasteiger partial charge on any atom is 0.0811 e. The Kier molecular flexibility index (Phi) is 4.75. The average Bonchev–Trinajstić information content (AvgIpc) is 1.87. The third-order valence-electron chi connectivity index (χ3n) is 1.80. The van der Waals surface area contributed by atoms with Crippen molar-refractivity contribution in [2.24, 2.45) is 10.6 Å². The smallest absolute Gasteiger partial charge is 0.0811 e. The van der Waals surface area contributed by atoms with Crippen molar-refractivity contribution in [3.8, 4) is 0 Å². The molecule has 2 heteroatoms. The van der Waals surface area contributed by atoms with Gasteiger partial charge in [0.1, 0.15) is 0 Å². The van der Waals surface area contributed by atoms with Gasteiger partial charge in [-0.2, -0.15) is 4.91 Å². The highest BCUT2D eigenvalue weighted by Gasteiger charge is 2.14. The van der Waals surface area contributed by atoms with Crippen molar-refractivity contribution in [3.63, 3.8) is 0 Å². The summed E-state index contributed by atoms with van der Waals surface area (Å²) in [4.78, 5) is 9.78. The largest absolute Gasteiger partial charge is 0.151 e. The van der Waals surface area contributed by atoms with Crippen LogP contribution in [-0.4, -0.2) is 6.54 Å². The van der Waals surface area contributed by atoms with Gasteiger partial charge in [0, 0.05) is 0 Å². The lowest BCUT2D eigenvalue weighted by Gasteiger charge is -2.21. The highest BCUT2D eigenvalue weighted by atomic mass is 16.3. The number of allylic oxidation sites excluding steroid dienone is 1. The molecule has 0 heterocycles. The summed E-state index contributed by atoms with van der Waals surface area (Å²) in [7, 11) is 0. The summed E-state index contributed by atoms with van der Waals surface area (Å²) in [5.74, 6) is 0. The highest BCUT2D eigenvalue weighted by molar-refractivity contribution is 4.79. The van der Waals surface area contributed by atoms with E-state index in [1.165, 1.54) is 0 Å². The third kappa shape index (κ3) is 5.77. The molecule has 0 saturated carbocycles. The quantitative estimate of drug-likeness (QED) is 0.329. The van der Waals surface area contributed by atoms with Crippen LogP contribution in [0.3, 0.4) is 0 Å². The van der Waals surface area contributed by atoms with E-state index in [1.807, 2.05) is 6.08 Å². The van der Waals surface area contributed by atoms with Gasteiger partial charge < -0.3 is 0 Å². The van der Waals surface area contributed by atoms with Crippen LogP contribution in [-0.2, 0) is 0 Å². The average molecular weight is 155 g/mol. The van der Waals surface area contributed by atoms with Crippen molar-refractivity contribution >= 4 is 0 Å². The van der Waals surface area contributed by atoms with E-state index >= 15 is 0 Å². The number of nitrogens with zero attached hydrogens (tertiary/aromatic N) is 1. The second-order valence-electron chi connectivity index (χ2n) is 3.61. The zero-order valence-electron chi connectivity index (χ0n) is 7.47. The first-order valence-electron chi connectivity index (χ1n) is 4.02. The van der Waals surface area contributed by atoms with Crippen LogP contribution in [0.4, 0.5) is 0 Å². The second-order valence-corrected chi connectivity index (χ2v) is 3.61. The van der Waals surface area contributed by atoms with Gasteiger partial charge in [0.25, 0.3) is 0 Å². The predicted octanol–water partition coefficient (Wildman–Crippen LogP) is 3.14. The maximum atomic E-state index is 9.78. The Hall–Kier alpha value is -0.660. The van der Waals surface area contributed by atoms with Gasteiger partial charge in [-0.1, -0.05) is 25.1 Å². The zero-order chi connectivity index (χ0) is 8.74. The zero-order valence-corrected chi connectivity index (χ0v) is 7.47. The van der Waals surface area contributed by atoms with Crippen molar-refractivity contribution in [3.05, 3.63) is 17.6 Å². The summed E-state index contributed by atoms with van der Waals surface area (Å²) in [6.07, 6.45) is 4.87. The molecule has 11 heavy (non-hydrogen) atoms. The van der Waals surface area contributed by atoms with Gasteiger partial charge >= 0.3 is 0 Å². The third-order valence-corrected chi connectivity index (χ3v) is 1.80. The summed E-state index contributed by atoms with van der Waals surface area (Å²) >= 11 is 0. The molecule has 0 unspecified atom stereocenters. The van der Waals surface area contributed by atoms with Gasteiger partial charge in [0.05, 0.1) is 6.54 Å². The van der Waals surface area contributed by atoms with E-state index < -0.39 is 0 Å². The number of hydrogen-bond donors (Lipinski definition) is 0. The van der Waals surface area contributed by atoms with E-state index in [0.29, 0.717) is 6.54 Å². The van der Waals surface area contributed by atoms with Crippen LogP contribution in [0.1, 0.15) is 33.1 Å². The molecular weight excluding hydrogens is 138 g/mol. The molecular formula is C9H17NO. The molecule has 0 saturated heterocycles. The van der Waals surface area contributed by atoms with Crippen molar-refractivity contribution in [1.82, 2.24) is 0 Å². The van der Waals surface area contributed by atoms with Crippen molar-refractivity contribution in [1.29, 1.82) is 0 Å². The van der Waals surface area contributed by atoms with Gasteiger partial charge in [-0.3, -0.25) is 0 Å². The summed E-state index contributed by atoms with van der Waals surface area (Å²) in [6.45, 7) is 8.49.